The Balaban J connectivity index is 1.21. The Morgan fingerprint density at radius 2 is 1.82 bits per heavy atom. The van der Waals surface area contributed by atoms with Crippen molar-refractivity contribution in [1.29, 1.82) is 0 Å². The van der Waals surface area contributed by atoms with Crippen LogP contribution in [0.25, 0.3) is 5.65 Å². The Labute approximate surface area is 226 Å². The lowest BCUT2D eigenvalue weighted by Crippen LogP contribution is -2.42. The van der Waals surface area contributed by atoms with Gasteiger partial charge in [0.2, 0.25) is 5.91 Å². The first-order valence-corrected chi connectivity index (χ1v) is 13.2. The summed E-state index contributed by atoms with van der Waals surface area (Å²) in [7, 11) is 0. The molecular weight excluding hydrogens is 519 g/mol. The van der Waals surface area contributed by atoms with Crippen molar-refractivity contribution in [2.24, 2.45) is 9.98 Å². The fraction of sp³-hybridized carbons (Fsp3) is 0.143. The summed E-state index contributed by atoms with van der Waals surface area (Å²) in [5.41, 5.74) is 3.00. The lowest BCUT2D eigenvalue weighted by Gasteiger charge is -2.25. The number of para-hydroxylation sites is 1. The predicted molar refractivity (Wildman–Crippen MR) is 146 cm³/mol. The van der Waals surface area contributed by atoms with Crippen LogP contribution in [0.1, 0.15) is 23.2 Å². The molecule has 4 aromatic rings. The number of amides is 2. The van der Waals surface area contributed by atoms with Crippen molar-refractivity contribution in [3.63, 3.8) is 0 Å². The van der Waals surface area contributed by atoms with Crippen molar-refractivity contribution in [1.82, 2.24) is 19.6 Å². The number of carbonyl (C=O) groups excluding carboxylic acids is 2. The van der Waals surface area contributed by atoms with E-state index in [9.17, 15) is 18.8 Å². The Bertz CT molecular complexity index is 1730. The summed E-state index contributed by atoms with van der Waals surface area (Å²) in [4.78, 5) is 54.0. The molecule has 0 spiro atoms. The average molecular weight is 541 g/mol. The fourth-order valence-corrected chi connectivity index (χ4v) is 5.29. The van der Waals surface area contributed by atoms with Gasteiger partial charge in [0.25, 0.3) is 11.5 Å². The van der Waals surface area contributed by atoms with E-state index in [0.717, 1.165) is 5.56 Å². The van der Waals surface area contributed by atoms with E-state index in [2.05, 4.69) is 15.3 Å². The number of hydrogen-bond donors (Lipinski definition) is 1. The number of pyridine rings is 1. The largest absolute Gasteiger partial charge is 0.352 e. The molecule has 2 aromatic heterocycles. The van der Waals surface area contributed by atoms with Gasteiger partial charge in [-0.25, -0.2) is 19.3 Å². The van der Waals surface area contributed by atoms with Gasteiger partial charge < -0.3 is 5.32 Å². The van der Waals surface area contributed by atoms with Gasteiger partial charge >= 0.3 is 0 Å². The molecule has 0 radical (unpaired) electrons. The number of nitrogens with zero attached hydrogens (tertiary/aromatic N) is 5. The summed E-state index contributed by atoms with van der Waals surface area (Å²) in [5, 5.41) is 3.17. The Morgan fingerprint density at radius 1 is 1.03 bits per heavy atom. The molecule has 2 aliphatic heterocycles. The molecule has 0 saturated heterocycles. The van der Waals surface area contributed by atoms with Gasteiger partial charge in [0.15, 0.2) is 5.17 Å². The zero-order valence-corrected chi connectivity index (χ0v) is 21.3. The van der Waals surface area contributed by atoms with Gasteiger partial charge in [-0.05, 0) is 42.0 Å². The number of thioether (sulfide) groups is 1. The van der Waals surface area contributed by atoms with Crippen molar-refractivity contribution in [2.75, 3.05) is 0 Å². The van der Waals surface area contributed by atoms with Gasteiger partial charge in [-0.1, -0.05) is 42.1 Å². The van der Waals surface area contributed by atoms with Crippen LogP contribution in [0.3, 0.4) is 0 Å². The van der Waals surface area contributed by atoms with Crippen LogP contribution in [-0.2, 0) is 21.9 Å². The van der Waals surface area contributed by atoms with Gasteiger partial charge in [0, 0.05) is 30.1 Å². The molecule has 2 amide bonds. The van der Waals surface area contributed by atoms with E-state index in [0.29, 0.717) is 39.3 Å². The molecule has 0 bridgehead atoms. The molecule has 0 unspecified atom stereocenters. The highest BCUT2D eigenvalue weighted by Gasteiger charge is 2.42. The van der Waals surface area contributed by atoms with Gasteiger partial charge in [0.1, 0.15) is 23.3 Å². The van der Waals surface area contributed by atoms with E-state index in [-0.39, 0.29) is 36.2 Å². The monoisotopic (exact) mass is 540 g/mol. The summed E-state index contributed by atoms with van der Waals surface area (Å²) >= 11 is 1.27. The standard InChI is InChI=1S/C28H21FN6O3S/c29-18-10-8-17(9-11-18)15-30-24(36)14-22-27(38)35-26(32-22)20-5-1-2-6-21(20)33-28(35)39-16-19-13-25(37)34-12-4-3-7-23(34)31-19/h1-13,22H,14-16H2,(H,30,36)/t22-/m1/s1. The minimum atomic E-state index is -0.909. The topological polar surface area (TPSA) is 108 Å². The zero-order chi connectivity index (χ0) is 26.9. The zero-order valence-electron chi connectivity index (χ0n) is 20.5. The van der Waals surface area contributed by atoms with Crippen LogP contribution in [0, 0.1) is 5.82 Å². The highest BCUT2D eigenvalue weighted by Crippen LogP contribution is 2.34. The minimum absolute atomic E-state index is 0.136. The number of aromatic nitrogens is 2. The molecule has 1 atom stereocenters. The number of rotatable bonds is 6. The number of nitrogens with one attached hydrogen (secondary N) is 1. The van der Waals surface area contributed by atoms with Crippen LogP contribution in [0.15, 0.2) is 93.8 Å². The van der Waals surface area contributed by atoms with E-state index in [1.165, 1.54) is 39.3 Å². The maximum absolute atomic E-state index is 13.5. The molecule has 194 valence electrons. The maximum atomic E-state index is 13.5. The van der Waals surface area contributed by atoms with E-state index in [1.807, 2.05) is 30.3 Å². The first-order valence-electron chi connectivity index (χ1n) is 12.2. The first-order chi connectivity index (χ1) is 19.0. The number of fused-ring (bicyclic) bond motifs is 4. The second-order valence-corrected chi connectivity index (χ2v) is 9.91. The molecule has 39 heavy (non-hydrogen) atoms. The summed E-state index contributed by atoms with van der Waals surface area (Å²) < 4.78 is 14.6. The number of halogens is 1. The lowest BCUT2D eigenvalue weighted by atomic mass is 10.1. The van der Waals surface area contributed by atoms with Crippen LogP contribution >= 0.6 is 11.8 Å². The third-order valence-corrected chi connectivity index (χ3v) is 7.27. The van der Waals surface area contributed by atoms with Crippen LogP contribution in [0.5, 0.6) is 0 Å². The van der Waals surface area contributed by atoms with E-state index >= 15 is 0 Å². The molecule has 0 aliphatic carbocycles. The molecular formula is C28H21FN6O3S. The summed E-state index contributed by atoms with van der Waals surface area (Å²) in [6.45, 7) is 0.213. The van der Waals surface area contributed by atoms with Gasteiger partial charge in [-0.3, -0.25) is 23.8 Å². The number of benzene rings is 2. The molecule has 2 aliphatic rings. The Kier molecular flexibility index (Phi) is 6.49. The number of aliphatic imine (C=N–C) groups is 2. The molecule has 6 rings (SSSR count). The Hall–Kier alpha value is -4.64. The van der Waals surface area contributed by atoms with Crippen LogP contribution in [0.4, 0.5) is 10.1 Å². The number of carbonyl (C=O) groups is 2. The van der Waals surface area contributed by atoms with Crippen LogP contribution in [0.2, 0.25) is 0 Å². The normalized spacial score (nSPS) is 16.0. The molecule has 0 saturated carbocycles. The van der Waals surface area contributed by atoms with Crippen molar-refractivity contribution in [3.8, 4) is 0 Å². The third kappa shape index (κ3) is 4.96. The van der Waals surface area contributed by atoms with Gasteiger partial charge in [-0.2, -0.15) is 0 Å². The third-order valence-electron chi connectivity index (χ3n) is 6.30. The van der Waals surface area contributed by atoms with E-state index in [1.54, 1.807) is 30.5 Å². The minimum Gasteiger partial charge on any atom is -0.352 e. The summed E-state index contributed by atoms with van der Waals surface area (Å²) in [6, 6.07) is 19.1. The summed E-state index contributed by atoms with van der Waals surface area (Å²) in [6.07, 6.45) is 1.52. The van der Waals surface area contributed by atoms with E-state index < -0.39 is 6.04 Å². The average Bonchev–Trinajstić information content (AvgIpc) is 3.27. The smallest absolute Gasteiger partial charge is 0.259 e. The van der Waals surface area contributed by atoms with Crippen molar-refractivity contribution < 1.29 is 14.0 Å². The van der Waals surface area contributed by atoms with Crippen molar-refractivity contribution in [3.05, 3.63) is 112 Å². The summed E-state index contributed by atoms with van der Waals surface area (Å²) in [5.74, 6) is -0.303. The Morgan fingerprint density at radius 3 is 2.67 bits per heavy atom. The second kappa shape index (κ2) is 10.3. The molecule has 9 nitrogen and oxygen atoms in total. The van der Waals surface area contributed by atoms with Crippen LogP contribution in [-0.4, -0.2) is 43.1 Å². The molecule has 0 fully saturated rings. The number of hydrogen-bond acceptors (Lipinski definition) is 7. The van der Waals surface area contributed by atoms with Gasteiger partial charge in [-0.15, -0.1) is 0 Å². The SMILES string of the molecule is O=C(C[C@H]1N=C2c3ccccc3N=C(SCc3cc(=O)n4ccccc4n3)N2C1=O)NCc1ccc(F)cc1. The molecule has 11 heteroatoms. The fourth-order valence-electron chi connectivity index (χ4n) is 4.40. The van der Waals surface area contributed by atoms with Crippen molar-refractivity contribution in [2.45, 2.75) is 24.8 Å². The molecule has 2 aromatic carbocycles. The van der Waals surface area contributed by atoms with Crippen molar-refractivity contribution >= 4 is 45.9 Å². The first kappa shape index (κ1) is 24.7. The number of amidine groups is 2. The van der Waals surface area contributed by atoms with Gasteiger partial charge in [0.05, 0.1) is 17.8 Å². The van der Waals surface area contributed by atoms with E-state index in [4.69, 9.17) is 4.99 Å². The highest BCUT2D eigenvalue weighted by molar-refractivity contribution is 8.13. The lowest BCUT2D eigenvalue weighted by molar-refractivity contribution is -0.128. The van der Waals surface area contributed by atoms with Crippen LogP contribution < -0.4 is 10.9 Å². The predicted octanol–water partition coefficient (Wildman–Crippen LogP) is 3.43. The molecule has 1 N–H and O–H groups in total. The molecule has 4 heterocycles. The quantitative estimate of drug-likeness (QED) is 0.403. The highest BCUT2D eigenvalue weighted by atomic mass is 32.2. The maximum Gasteiger partial charge on any atom is 0.259 e. The second-order valence-electron chi connectivity index (χ2n) is 8.96.